The summed E-state index contributed by atoms with van der Waals surface area (Å²) in [5.74, 6) is -0.119. The first kappa shape index (κ1) is 29.8. The predicted octanol–water partition coefficient (Wildman–Crippen LogP) is 7.71. The van der Waals surface area contributed by atoms with Gasteiger partial charge in [0, 0.05) is 62.1 Å². The number of hydrogen-bond donors (Lipinski definition) is 0. The van der Waals surface area contributed by atoms with Crippen LogP contribution in [0.15, 0.2) is 79.1 Å². The van der Waals surface area contributed by atoms with Crippen molar-refractivity contribution >= 4 is 23.4 Å². The molecule has 222 valence electrons. The van der Waals surface area contributed by atoms with Crippen LogP contribution >= 0.6 is 0 Å². The van der Waals surface area contributed by atoms with Gasteiger partial charge in [-0.15, -0.1) is 0 Å². The van der Waals surface area contributed by atoms with Crippen LogP contribution in [0.1, 0.15) is 61.6 Å². The number of benzene rings is 2. The summed E-state index contributed by atoms with van der Waals surface area (Å²) in [6.45, 7) is 2.40. The van der Waals surface area contributed by atoms with Crippen molar-refractivity contribution in [2.45, 2.75) is 69.8 Å². The number of likely N-dealkylation sites (tertiary alicyclic amines) is 1. The van der Waals surface area contributed by atoms with Gasteiger partial charge >= 0.3 is 6.18 Å². The molecular formula is C34H39F3N4O. The number of rotatable bonds is 8. The number of anilines is 2. The van der Waals surface area contributed by atoms with E-state index in [0.29, 0.717) is 18.2 Å². The highest BCUT2D eigenvalue weighted by Gasteiger charge is 2.31. The second-order valence-corrected chi connectivity index (χ2v) is 11.4. The van der Waals surface area contributed by atoms with Crippen molar-refractivity contribution in [1.82, 2.24) is 14.8 Å². The second-order valence-electron chi connectivity index (χ2n) is 11.4. The summed E-state index contributed by atoms with van der Waals surface area (Å²) in [5, 5.41) is 0. The van der Waals surface area contributed by atoms with Crippen LogP contribution in [-0.2, 0) is 17.5 Å². The van der Waals surface area contributed by atoms with Crippen LogP contribution in [0.3, 0.4) is 0 Å². The summed E-state index contributed by atoms with van der Waals surface area (Å²) >= 11 is 0. The lowest BCUT2D eigenvalue weighted by Gasteiger charge is -2.36. The Morgan fingerprint density at radius 3 is 2.21 bits per heavy atom. The van der Waals surface area contributed by atoms with E-state index in [2.05, 4.69) is 39.0 Å². The number of amides is 1. The molecule has 1 saturated heterocycles. The first-order valence-corrected chi connectivity index (χ1v) is 14.9. The first-order chi connectivity index (χ1) is 20.3. The highest BCUT2D eigenvalue weighted by molar-refractivity contribution is 5.92. The summed E-state index contributed by atoms with van der Waals surface area (Å²) in [5.41, 5.74) is 2.97. The molecule has 1 saturated carbocycles. The largest absolute Gasteiger partial charge is 0.416 e. The van der Waals surface area contributed by atoms with Gasteiger partial charge < -0.3 is 9.80 Å². The van der Waals surface area contributed by atoms with Gasteiger partial charge in [0.15, 0.2) is 0 Å². The molecule has 8 heteroatoms. The van der Waals surface area contributed by atoms with Gasteiger partial charge in [0.1, 0.15) is 0 Å². The Labute approximate surface area is 246 Å². The molecule has 1 aromatic heterocycles. The molecule has 1 unspecified atom stereocenters. The molecule has 1 aliphatic heterocycles. The molecular weight excluding hydrogens is 537 g/mol. The highest BCUT2D eigenvalue weighted by atomic mass is 19.4. The Morgan fingerprint density at radius 1 is 0.905 bits per heavy atom. The molecule has 5 nitrogen and oxygen atoms in total. The van der Waals surface area contributed by atoms with Crippen molar-refractivity contribution in [3.05, 3.63) is 95.8 Å². The highest BCUT2D eigenvalue weighted by Crippen LogP contribution is 2.30. The molecule has 2 aromatic carbocycles. The Bertz CT molecular complexity index is 1320. The summed E-state index contributed by atoms with van der Waals surface area (Å²) in [6.07, 6.45) is 10.4. The fourth-order valence-corrected chi connectivity index (χ4v) is 6.18. The minimum atomic E-state index is -4.39. The van der Waals surface area contributed by atoms with Gasteiger partial charge in [-0.05, 0) is 85.8 Å². The third-order valence-electron chi connectivity index (χ3n) is 8.63. The van der Waals surface area contributed by atoms with Crippen molar-refractivity contribution in [2.75, 3.05) is 25.0 Å². The van der Waals surface area contributed by atoms with E-state index in [9.17, 15) is 18.0 Å². The van der Waals surface area contributed by atoms with E-state index in [1.807, 2.05) is 24.1 Å². The average Bonchev–Trinajstić information content (AvgIpc) is 3.44. The molecule has 0 N–H and O–H groups in total. The monoisotopic (exact) mass is 576 g/mol. The number of carbonyl (C=O) groups excluding carboxylic acids is 1. The molecule has 42 heavy (non-hydrogen) atoms. The van der Waals surface area contributed by atoms with Crippen LogP contribution in [0.4, 0.5) is 24.5 Å². The number of pyridine rings is 1. The van der Waals surface area contributed by atoms with E-state index in [4.69, 9.17) is 0 Å². The van der Waals surface area contributed by atoms with E-state index >= 15 is 0 Å². The normalized spacial score (nSPS) is 18.7. The first-order valence-electron chi connectivity index (χ1n) is 14.9. The number of nitrogens with zero attached hydrogens (tertiary/aromatic N) is 4. The van der Waals surface area contributed by atoms with Crippen molar-refractivity contribution < 1.29 is 18.0 Å². The lowest BCUT2D eigenvalue weighted by atomic mass is 10.1. The molecule has 3 aromatic rings. The Hall–Kier alpha value is -3.65. The molecule has 0 radical (unpaired) electrons. The van der Waals surface area contributed by atoms with Gasteiger partial charge in [0.05, 0.1) is 5.56 Å². The zero-order valence-corrected chi connectivity index (χ0v) is 24.1. The van der Waals surface area contributed by atoms with Crippen LogP contribution in [0.5, 0.6) is 0 Å². The number of aromatic nitrogens is 1. The lowest BCUT2D eigenvalue weighted by molar-refractivity contribution is -0.137. The van der Waals surface area contributed by atoms with Crippen LogP contribution in [0, 0.1) is 0 Å². The van der Waals surface area contributed by atoms with Gasteiger partial charge in [-0.2, -0.15) is 13.2 Å². The molecule has 0 bridgehead atoms. The Balaban J connectivity index is 1.36. The number of alkyl halides is 3. The second kappa shape index (κ2) is 13.6. The van der Waals surface area contributed by atoms with E-state index in [1.54, 1.807) is 18.5 Å². The van der Waals surface area contributed by atoms with E-state index in [-0.39, 0.29) is 11.9 Å². The topological polar surface area (TPSA) is 39.7 Å². The maximum absolute atomic E-state index is 13.8. The quantitative estimate of drug-likeness (QED) is 0.258. The van der Waals surface area contributed by atoms with E-state index < -0.39 is 11.7 Å². The molecule has 1 atom stereocenters. The van der Waals surface area contributed by atoms with Gasteiger partial charge in [0.25, 0.3) is 0 Å². The minimum Gasteiger partial charge on any atom is -0.345 e. The summed E-state index contributed by atoms with van der Waals surface area (Å²) in [4.78, 5) is 24.5. The van der Waals surface area contributed by atoms with Gasteiger partial charge in [-0.25, -0.2) is 0 Å². The number of halogens is 3. The molecule has 5 rings (SSSR count). The fraction of sp³-hybridized carbons (Fsp3) is 0.412. The third-order valence-corrected chi connectivity index (χ3v) is 8.63. The van der Waals surface area contributed by atoms with Crippen LogP contribution < -0.4 is 4.90 Å². The molecule has 2 heterocycles. The van der Waals surface area contributed by atoms with E-state index in [1.165, 1.54) is 43.9 Å². The van der Waals surface area contributed by atoms with Crippen LogP contribution in [0.25, 0.3) is 6.08 Å². The SMILES string of the molecule is CN(c1ccncc1)c1ccc(CN(C(=O)/C=C/c2ccc(C(F)(F)F)cc2)C2CCCCN(C3CCCC3)C2)cc1. The van der Waals surface area contributed by atoms with Gasteiger partial charge in [0.2, 0.25) is 5.91 Å². The van der Waals surface area contributed by atoms with Gasteiger partial charge in [-0.3, -0.25) is 14.7 Å². The molecule has 2 aliphatic rings. The Kier molecular flexibility index (Phi) is 9.62. The standard InChI is InChI=1S/C34H39F3N4O/c1-39(30-19-21-38-22-20-30)29-16-11-27(12-17-29)24-41(32-8-4-5-23-40(25-32)31-6-2-3-7-31)33(42)18-13-26-9-14-28(15-10-26)34(35,36)37/h9-22,31-32H,2-8,23-25H2,1H3/b18-13+. The van der Waals surface area contributed by atoms with Crippen LogP contribution in [0.2, 0.25) is 0 Å². The molecule has 1 aliphatic carbocycles. The number of carbonyl (C=O) groups is 1. The predicted molar refractivity (Wildman–Crippen MR) is 161 cm³/mol. The fourth-order valence-electron chi connectivity index (χ4n) is 6.18. The van der Waals surface area contributed by atoms with Crippen molar-refractivity contribution in [1.29, 1.82) is 0 Å². The zero-order chi connectivity index (χ0) is 29.5. The maximum Gasteiger partial charge on any atom is 0.416 e. The summed E-state index contributed by atoms with van der Waals surface area (Å²) in [7, 11) is 2.01. The smallest absolute Gasteiger partial charge is 0.345 e. The van der Waals surface area contributed by atoms with Crippen LogP contribution in [-0.4, -0.2) is 52.9 Å². The summed E-state index contributed by atoms with van der Waals surface area (Å²) in [6, 6.07) is 17.8. The molecule has 1 amide bonds. The summed E-state index contributed by atoms with van der Waals surface area (Å²) < 4.78 is 39.0. The zero-order valence-electron chi connectivity index (χ0n) is 24.1. The lowest BCUT2D eigenvalue weighted by Crippen LogP contribution is -2.47. The maximum atomic E-state index is 13.8. The number of hydrogen-bond acceptors (Lipinski definition) is 4. The van der Waals surface area contributed by atoms with Crippen molar-refractivity contribution in [3.63, 3.8) is 0 Å². The average molecular weight is 577 g/mol. The molecule has 2 fully saturated rings. The minimum absolute atomic E-state index is 0.0667. The van der Waals surface area contributed by atoms with Crippen molar-refractivity contribution in [2.24, 2.45) is 0 Å². The van der Waals surface area contributed by atoms with E-state index in [0.717, 1.165) is 61.4 Å². The van der Waals surface area contributed by atoms with Crippen molar-refractivity contribution in [3.8, 4) is 0 Å². The molecule has 0 spiro atoms. The Morgan fingerprint density at radius 2 is 1.55 bits per heavy atom. The third kappa shape index (κ3) is 7.59. The van der Waals surface area contributed by atoms with Gasteiger partial charge in [-0.1, -0.05) is 43.5 Å².